The lowest BCUT2D eigenvalue weighted by atomic mass is 9.89. The third-order valence-electron chi connectivity index (χ3n) is 3.56. The van der Waals surface area contributed by atoms with Gasteiger partial charge in [-0.1, -0.05) is 0 Å². The Kier molecular flexibility index (Phi) is 3.18. The van der Waals surface area contributed by atoms with Gasteiger partial charge in [-0.2, -0.15) is 5.10 Å². The van der Waals surface area contributed by atoms with Gasteiger partial charge in [-0.25, -0.2) is 4.79 Å². The molecule has 0 unspecified atom stereocenters. The third-order valence-corrected chi connectivity index (χ3v) is 3.56. The van der Waals surface area contributed by atoms with Gasteiger partial charge in [0.2, 0.25) is 0 Å². The first kappa shape index (κ1) is 12.7. The van der Waals surface area contributed by atoms with E-state index < -0.39 is 0 Å². The molecule has 1 aliphatic carbocycles. The second-order valence-electron chi connectivity index (χ2n) is 4.67. The molecule has 0 fully saturated rings. The molecule has 1 aromatic carbocycles. The summed E-state index contributed by atoms with van der Waals surface area (Å²) in [7, 11) is 1.66. The van der Waals surface area contributed by atoms with Gasteiger partial charge in [0, 0.05) is 11.1 Å². The van der Waals surface area contributed by atoms with Crippen LogP contribution in [0, 0.1) is 0 Å². The zero-order valence-electron chi connectivity index (χ0n) is 11.5. The third kappa shape index (κ3) is 1.95. The van der Waals surface area contributed by atoms with Crippen molar-refractivity contribution in [3.05, 3.63) is 35.0 Å². The molecule has 0 atom stereocenters. The van der Waals surface area contributed by atoms with Crippen LogP contribution in [0.5, 0.6) is 5.75 Å². The Hall–Kier alpha value is -2.30. The van der Waals surface area contributed by atoms with Crippen molar-refractivity contribution >= 4 is 5.97 Å². The van der Waals surface area contributed by atoms with Crippen LogP contribution in [-0.2, 0) is 17.6 Å². The molecule has 1 aromatic heterocycles. The Bertz CT molecular complexity index is 661. The summed E-state index contributed by atoms with van der Waals surface area (Å²) >= 11 is 0. The lowest BCUT2D eigenvalue weighted by Crippen LogP contribution is -2.10. The fraction of sp³-hybridized carbons (Fsp3) is 0.333. The van der Waals surface area contributed by atoms with Crippen LogP contribution in [-0.4, -0.2) is 29.9 Å². The van der Waals surface area contributed by atoms with Crippen LogP contribution < -0.4 is 4.74 Å². The van der Waals surface area contributed by atoms with Crippen LogP contribution in [0.1, 0.15) is 28.5 Å². The Morgan fingerprint density at radius 1 is 1.40 bits per heavy atom. The normalized spacial score (nSPS) is 12.5. The quantitative estimate of drug-likeness (QED) is 0.871. The van der Waals surface area contributed by atoms with Crippen LogP contribution in [0.4, 0.5) is 0 Å². The minimum atomic E-state index is -0.335. The largest absolute Gasteiger partial charge is 0.497 e. The summed E-state index contributed by atoms with van der Waals surface area (Å²) in [4.78, 5) is 11.9. The minimum Gasteiger partial charge on any atom is -0.497 e. The van der Waals surface area contributed by atoms with E-state index in [1.165, 1.54) is 5.56 Å². The van der Waals surface area contributed by atoms with Gasteiger partial charge >= 0.3 is 5.97 Å². The van der Waals surface area contributed by atoms with E-state index in [0.717, 1.165) is 35.4 Å². The predicted molar refractivity (Wildman–Crippen MR) is 73.9 cm³/mol. The van der Waals surface area contributed by atoms with Crippen molar-refractivity contribution in [3.8, 4) is 17.0 Å². The molecule has 1 heterocycles. The number of carbonyl (C=O) groups excluding carboxylic acids is 1. The molecule has 0 saturated carbocycles. The number of H-pyrrole nitrogens is 1. The fourth-order valence-corrected chi connectivity index (χ4v) is 2.60. The topological polar surface area (TPSA) is 64.2 Å². The number of rotatable bonds is 3. The molecule has 20 heavy (non-hydrogen) atoms. The number of aryl methyl sites for hydroxylation is 1. The monoisotopic (exact) mass is 272 g/mol. The van der Waals surface area contributed by atoms with Crippen LogP contribution in [0.15, 0.2) is 18.2 Å². The van der Waals surface area contributed by atoms with E-state index in [9.17, 15) is 4.79 Å². The summed E-state index contributed by atoms with van der Waals surface area (Å²) in [5, 5.41) is 7.10. The highest BCUT2D eigenvalue weighted by Crippen LogP contribution is 2.35. The number of esters is 1. The van der Waals surface area contributed by atoms with Crippen molar-refractivity contribution in [3.63, 3.8) is 0 Å². The molecule has 0 spiro atoms. The first-order chi connectivity index (χ1) is 9.74. The number of hydrogen-bond acceptors (Lipinski definition) is 4. The van der Waals surface area contributed by atoms with Gasteiger partial charge in [0.1, 0.15) is 11.4 Å². The number of nitrogens with one attached hydrogen (secondary N) is 1. The first-order valence-electron chi connectivity index (χ1n) is 6.66. The predicted octanol–water partition coefficient (Wildman–Crippen LogP) is 2.36. The van der Waals surface area contributed by atoms with E-state index in [1.54, 1.807) is 14.0 Å². The van der Waals surface area contributed by atoms with E-state index in [4.69, 9.17) is 9.47 Å². The SMILES string of the molecule is CCOC(=O)c1[nH]nc2c1CCc1cc(OC)ccc1-2. The van der Waals surface area contributed by atoms with Crippen LogP contribution >= 0.6 is 0 Å². The number of aromatic nitrogens is 2. The second-order valence-corrected chi connectivity index (χ2v) is 4.67. The van der Waals surface area contributed by atoms with Crippen LogP contribution in [0.3, 0.4) is 0 Å². The Morgan fingerprint density at radius 2 is 2.25 bits per heavy atom. The van der Waals surface area contributed by atoms with Gasteiger partial charge in [0.05, 0.1) is 19.4 Å². The zero-order chi connectivity index (χ0) is 14.1. The molecule has 0 aliphatic heterocycles. The van der Waals surface area contributed by atoms with Gasteiger partial charge in [-0.15, -0.1) is 0 Å². The van der Waals surface area contributed by atoms with Crippen molar-refractivity contribution in [2.24, 2.45) is 0 Å². The number of fused-ring (bicyclic) bond motifs is 3. The van der Waals surface area contributed by atoms with Gasteiger partial charge in [0.15, 0.2) is 0 Å². The smallest absolute Gasteiger partial charge is 0.356 e. The van der Waals surface area contributed by atoms with Crippen molar-refractivity contribution in [1.82, 2.24) is 10.2 Å². The van der Waals surface area contributed by atoms with Gasteiger partial charge in [0.25, 0.3) is 0 Å². The molecule has 1 aliphatic rings. The number of hydrogen-bond donors (Lipinski definition) is 1. The highest BCUT2D eigenvalue weighted by Gasteiger charge is 2.26. The summed E-state index contributed by atoms with van der Waals surface area (Å²) in [6.45, 7) is 2.16. The van der Waals surface area contributed by atoms with E-state index in [0.29, 0.717) is 12.3 Å². The maximum absolute atomic E-state index is 11.9. The maximum atomic E-state index is 11.9. The van der Waals surface area contributed by atoms with E-state index in [2.05, 4.69) is 10.2 Å². The standard InChI is InChI=1S/C15H16N2O3/c1-3-20-15(18)14-12-6-4-9-8-10(19-2)5-7-11(9)13(12)16-17-14/h5,7-8H,3-4,6H2,1-2H3,(H,16,17). The molecule has 0 amide bonds. The lowest BCUT2D eigenvalue weighted by Gasteiger charge is -2.16. The molecule has 3 rings (SSSR count). The van der Waals surface area contributed by atoms with Crippen molar-refractivity contribution < 1.29 is 14.3 Å². The molecular weight excluding hydrogens is 256 g/mol. The Morgan fingerprint density at radius 3 is 3.00 bits per heavy atom. The van der Waals surface area contributed by atoms with Gasteiger partial charge < -0.3 is 9.47 Å². The lowest BCUT2D eigenvalue weighted by molar-refractivity contribution is 0.0518. The molecule has 5 nitrogen and oxygen atoms in total. The second kappa shape index (κ2) is 5.00. The molecule has 0 bridgehead atoms. The zero-order valence-corrected chi connectivity index (χ0v) is 11.5. The molecule has 104 valence electrons. The summed E-state index contributed by atoms with van der Waals surface area (Å²) in [6.07, 6.45) is 1.64. The van der Waals surface area contributed by atoms with E-state index in [-0.39, 0.29) is 5.97 Å². The molecular formula is C15H16N2O3. The van der Waals surface area contributed by atoms with Gasteiger partial charge in [-0.05, 0) is 43.5 Å². The minimum absolute atomic E-state index is 0.335. The number of methoxy groups -OCH3 is 1. The highest BCUT2D eigenvalue weighted by atomic mass is 16.5. The summed E-state index contributed by atoms with van der Waals surface area (Å²) in [6, 6.07) is 5.92. The van der Waals surface area contributed by atoms with E-state index in [1.807, 2.05) is 18.2 Å². The molecule has 2 aromatic rings. The maximum Gasteiger partial charge on any atom is 0.356 e. The van der Waals surface area contributed by atoms with Crippen molar-refractivity contribution in [2.45, 2.75) is 19.8 Å². The van der Waals surface area contributed by atoms with Gasteiger partial charge in [-0.3, -0.25) is 5.10 Å². The van der Waals surface area contributed by atoms with Crippen molar-refractivity contribution in [2.75, 3.05) is 13.7 Å². The van der Waals surface area contributed by atoms with Crippen LogP contribution in [0.25, 0.3) is 11.3 Å². The number of aromatic amines is 1. The average molecular weight is 272 g/mol. The summed E-state index contributed by atoms with van der Waals surface area (Å²) < 4.78 is 10.3. The molecule has 1 N–H and O–H groups in total. The molecule has 0 radical (unpaired) electrons. The number of ether oxygens (including phenoxy) is 2. The Labute approximate surface area is 116 Å². The number of carbonyl (C=O) groups is 1. The van der Waals surface area contributed by atoms with Crippen LogP contribution in [0.2, 0.25) is 0 Å². The summed E-state index contributed by atoms with van der Waals surface area (Å²) in [5.41, 5.74) is 4.51. The molecule has 0 saturated heterocycles. The molecule has 5 heteroatoms. The fourth-order valence-electron chi connectivity index (χ4n) is 2.60. The highest BCUT2D eigenvalue weighted by molar-refractivity contribution is 5.92. The average Bonchev–Trinajstić information content (AvgIpc) is 2.91. The van der Waals surface area contributed by atoms with E-state index >= 15 is 0 Å². The van der Waals surface area contributed by atoms with Crippen molar-refractivity contribution in [1.29, 1.82) is 0 Å². The summed E-state index contributed by atoms with van der Waals surface area (Å²) in [5.74, 6) is 0.506. The number of nitrogens with zero attached hydrogens (tertiary/aromatic N) is 1. The first-order valence-corrected chi connectivity index (χ1v) is 6.66. The number of benzene rings is 1. The Balaban J connectivity index is 2.03.